The Kier molecular flexibility index (Phi) is 5.54. The van der Waals surface area contributed by atoms with Gasteiger partial charge in [0.15, 0.2) is 6.10 Å². The Morgan fingerprint density at radius 1 is 1.07 bits per heavy atom. The zero-order valence-electron chi connectivity index (χ0n) is 16.3. The summed E-state index contributed by atoms with van der Waals surface area (Å²) in [6.07, 6.45) is -0.795. The van der Waals surface area contributed by atoms with Crippen molar-refractivity contribution >= 4 is 11.6 Å². The molecule has 1 aromatic heterocycles. The smallest absolute Gasteiger partial charge is 0.295 e. The van der Waals surface area contributed by atoms with Gasteiger partial charge in [0, 0.05) is 13.1 Å². The van der Waals surface area contributed by atoms with Gasteiger partial charge < -0.3 is 14.8 Å². The van der Waals surface area contributed by atoms with E-state index in [1.54, 1.807) is 57.0 Å². The summed E-state index contributed by atoms with van der Waals surface area (Å²) >= 11 is 0. The molecule has 0 saturated carbocycles. The molecule has 1 amide bonds. The Bertz CT molecular complexity index is 1040. The van der Waals surface area contributed by atoms with E-state index >= 15 is 0 Å². The molecule has 0 aliphatic carbocycles. The lowest BCUT2D eigenvalue weighted by Gasteiger charge is -2.14. The van der Waals surface area contributed by atoms with Crippen molar-refractivity contribution in [1.29, 1.82) is 0 Å². The molecule has 7 heteroatoms. The maximum Gasteiger partial charge on any atom is 0.295 e. The van der Waals surface area contributed by atoms with Gasteiger partial charge in [0.1, 0.15) is 17.2 Å². The van der Waals surface area contributed by atoms with Gasteiger partial charge in [0.05, 0.1) is 18.5 Å². The quantitative estimate of drug-likeness (QED) is 0.712. The first-order valence-corrected chi connectivity index (χ1v) is 8.88. The molecule has 1 atom stereocenters. The monoisotopic (exact) mass is 381 g/mol. The van der Waals surface area contributed by atoms with E-state index in [1.165, 1.54) is 4.68 Å². The van der Waals surface area contributed by atoms with Gasteiger partial charge in [-0.05, 0) is 38.1 Å². The predicted molar refractivity (Wildman–Crippen MR) is 107 cm³/mol. The van der Waals surface area contributed by atoms with Crippen molar-refractivity contribution in [3.63, 3.8) is 0 Å². The molecule has 0 spiro atoms. The van der Waals surface area contributed by atoms with Gasteiger partial charge in [-0.15, -0.1) is 0 Å². The highest BCUT2D eigenvalue weighted by Crippen LogP contribution is 2.20. The standard InChI is InChI=1S/C21H23N3O4/c1-14-19(21(26)24(23(14)3)16-9-6-5-7-10-16)22-20(25)15(2)28-18-12-8-11-17(13-18)27-4/h5-13,15H,1-4H3,(H,22,25)/t15-/m1/s1. The van der Waals surface area contributed by atoms with Crippen molar-refractivity contribution in [2.45, 2.75) is 20.0 Å². The van der Waals surface area contributed by atoms with Gasteiger partial charge in [-0.25, -0.2) is 4.68 Å². The molecule has 0 aliphatic rings. The number of hydrogen-bond donors (Lipinski definition) is 1. The van der Waals surface area contributed by atoms with E-state index in [0.29, 0.717) is 17.2 Å². The maximum atomic E-state index is 12.9. The number of hydrogen-bond acceptors (Lipinski definition) is 4. The maximum absolute atomic E-state index is 12.9. The first-order valence-electron chi connectivity index (χ1n) is 8.88. The Morgan fingerprint density at radius 2 is 1.75 bits per heavy atom. The number of nitrogens with one attached hydrogen (secondary N) is 1. The number of rotatable bonds is 6. The van der Waals surface area contributed by atoms with Gasteiger partial charge in [0.2, 0.25) is 0 Å². The van der Waals surface area contributed by atoms with Gasteiger partial charge in [-0.3, -0.25) is 14.3 Å². The molecule has 1 heterocycles. The molecular weight excluding hydrogens is 358 g/mol. The molecule has 0 aliphatic heterocycles. The number of para-hydroxylation sites is 1. The van der Waals surface area contributed by atoms with Gasteiger partial charge in [0.25, 0.3) is 11.5 Å². The van der Waals surface area contributed by atoms with E-state index in [2.05, 4.69) is 5.32 Å². The SMILES string of the molecule is COc1cccc(O[C@H](C)C(=O)Nc2c(C)n(C)n(-c3ccccc3)c2=O)c1. The summed E-state index contributed by atoms with van der Waals surface area (Å²) in [5.41, 5.74) is 1.31. The zero-order valence-corrected chi connectivity index (χ0v) is 16.3. The van der Waals surface area contributed by atoms with Crippen LogP contribution in [0, 0.1) is 6.92 Å². The number of nitrogens with zero attached hydrogens (tertiary/aromatic N) is 2. The van der Waals surface area contributed by atoms with Crippen molar-refractivity contribution in [3.05, 3.63) is 70.6 Å². The molecule has 28 heavy (non-hydrogen) atoms. The fourth-order valence-electron chi connectivity index (χ4n) is 2.87. The van der Waals surface area contributed by atoms with E-state index in [4.69, 9.17) is 9.47 Å². The van der Waals surface area contributed by atoms with Crippen molar-refractivity contribution in [2.24, 2.45) is 7.05 Å². The minimum Gasteiger partial charge on any atom is -0.497 e. The van der Waals surface area contributed by atoms with Crippen LogP contribution in [-0.2, 0) is 11.8 Å². The highest BCUT2D eigenvalue weighted by Gasteiger charge is 2.22. The van der Waals surface area contributed by atoms with Crippen LogP contribution >= 0.6 is 0 Å². The highest BCUT2D eigenvalue weighted by molar-refractivity contribution is 5.94. The van der Waals surface area contributed by atoms with Crippen LogP contribution in [0.4, 0.5) is 5.69 Å². The summed E-state index contributed by atoms with van der Waals surface area (Å²) < 4.78 is 14.1. The van der Waals surface area contributed by atoms with Crippen LogP contribution in [0.2, 0.25) is 0 Å². The largest absolute Gasteiger partial charge is 0.497 e. The molecular formula is C21H23N3O4. The van der Waals surface area contributed by atoms with E-state index in [0.717, 1.165) is 5.69 Å². The lowest BCUT2D eigenvalue weighted by atomic mass is 10.3. The van der Waals surface area contributed by atoms with Crippen molar-refractivity contribution in [2.75, 3.05) is 12.4 Å². The average molecular weight is 381 g/mol. The molecule has 0 radical (unpaired) electrons. The third-order valence-electron chi connectivity index (χ3n) is 4.53. The van der Waals surface area contributed by atoms with Crippen LogP contribution in [0.5, 0.6) is 11.5 Å². The van der Waals surface area contributed by atoms with E-state index in [1.807, 2.05) is 30.3 Å². The number of amides is 1. The van der Waals surface area contributed by atoms with Crippen LogP contribution < -0.4 is 20.3 Å². The summed E-state index contributed by atoms with van der Waals surface area (Å²) in [5.74, 6) is 0.733. The second-order valence-corrected chi connectivity index (χ2v) is 6.36. The van der Waals surface area contributed by atoms with Gasteiger partial charge >= 0.3 is 0 Å². The number of carbonyl (C=O) groups excluding carboxylic acids is 1. The van der Waals surface area contributed by atoms with E-state index in [9.17, 15) is 9.59 Å². The molecule has 3 rings (SSSR count). The van der Waals surface area contributed by atoms with Crippen LogP contribution in [-0.4, -0.2) is 28.5 Å². The lowest BCUT2D eigenvalue weighted by Crippen LogP contribution is -2.32. The molecule has 0 saturated heterocycles. The third-order valence-corrected chi connectivity index (χ3v) is 4.53. The number of carbonyl (C=O) groups is 1. The lowest BCUT2D eigenvalue weighted by molar-refractivity contribution is -0.122. The average Bonchev–Trinajstić information content (AvgIpc) is 2.92. The molecule has 0 bridgehead atoms. The minimum absolute atomic E-state index is 0.234. The number of aromatic nitrogens is 2. The Morgan fingerprint density at radius 3 is 2.43 bits per heavy atom. The second-order valence-electron chi connectivity index (χ2n) is 6.36. The van der Waals surface area contributed by atoms with Crippen LogP contribution in [0.15, 0.2) is 59.4 Å². The number of benzene rings is 2. The molecule has 3 aromatic rings. The summed E-state index contributed by atoms with van der Waals surface area (Å²) in [6.45, 7) is 3.41. The topological polar surface area (TPSA) is 74.5 Å². The Balaban J connectivity index is 1.81. The summed E-state index contributed by atoms with van der Waals surface area (Å²) in [7, 11) is 3.33. The van der Waals surface area contributed by atoms with Crippen LogP contribution in [0.25, 0.3) is 5.69 Å². The minimum atomic E-state index is -0.795. The number of anilines is 1. The van der Waals surface area contributed by atoms with E-state index in [-0.39, 0.29) is 11.2 Å². The van der Waals surface area contributed by atoms with Gasteiger partial charge in [-0.1, -0.05) is 24.3 Å². The molecule has 7 nitrogen and oxygen atoms in total. The fourth-order valence-corrected chi connectivity index (χ4v) is 2.87. The molecule has 2 aromatic carbocycles. The Labute approximate surface area is 163 Å². The fraction of sp³-hybridized carbons (Fsp3) is 0.238. The number of methoxy groups -OCH3 is 1. The van der Waals surface area contributed by atoms with Crippen molar-refractivity contribution in [1.82, 2.24) is 9.36 Å². The molecule has 0 unspecified atom stereocenters. The Hall–Kier alpha value is -3.48. The normalized spacial score (nSPS) is 11.7. The number of ether oxygens (including phenoxy) is 2. The first-order chi connectivity index (χ1) is 13.4. The summed E-state index contributed by atoms with van der Waals surface area (Å²) in [6, 6.07) is 16.3. The summed E-state index contributed by atoms with van der Waals surface area (Å²) in [4.78, 5) is 25.5. The molecule has 146 valence electrons. The van der Waals surface area contributed by atoms with Crippen LogP contribution in [0.3, 0.4) is 0 Å². The van der Waals surface area contributed by atoms with E-state index < -0.39 is 12.0 Å². The van der Waals surface area contributed by atoms with Crippen LogP contribution in [0.1, 0.15) is 12.6 Å². The molecule has 0 fully saturated rings. The molecule has 1 N–H and O–H groups in total. The highest BCUT2D eigenvalue weighted by atomic mass is 16.5. The predicted octanol–water partition coefficient (Wildman–Crippen LogP) is 2.90. The van der Waals surface area contributed by atoms with Crippen molar-refractivity contribution in [3.8, 4) is 17.2 Å². The first kappa shape index (κ1) is 19.3. The summed E-state index contributed by atoms with van der Waals surface area (Å²) in [5, 5.41) is 2.71. The third kappa shape index (κ3) is 3.78. The second kappa shape index (κ2) is 8.04. The van der Waals surface area contributed by atoms with Gasteiger partial charge in [-0.2, -0.15) is 0 Å². The van der Waals surface area contributed by atoms with Crippen molar-refractivity contribution < 1.29 is 14.3 Å². The zero-order chi connectivity index (χ0) is 20.3.